The summed E-state index contributed by atoms with van der Waals surface area (Å²) >= 11 is 0. The highest BCUT2D eigenvalue weighted by atomic mass is 19.3. The van der Waals surface area contributed by atoms with E-state index in [-0.39, 0.29) is 12.8 Å². The van der Waals surface area contributed by atoms with Crippen molar-refractivity contribution in [3.8, 4) is 11.5 Å². The number of pyridine rings is 1. The van der Waals surface area contributed by atoms with Gasteiger partial charge >= 0.3 is 0 Å². The van der Waals surface area contributed by atoms with Gasteiger partial charge in [-0.05, 0) is 68.1 Å². The summed E-state index contributed by atoms with van der Waals surface area (Å²) < 4.78 is 40.0. The molecule has 4 heterocycles. The van der Waals surface area contributed by atoms with E-state index in [2.05, 4.69) is 17.1 Å². The number of benzene rings is 1. The number of likely N-dealkylation sites (tertiary alicyclic amines) is 1. The zero-order valence-corrected chi connectivity index (χ0v) is 21.1. The number of fused-ring (bicyclic) bond motifs is 2. The average Bonchev–Trinajstić information content (AvgIpc) is 3.51. The Morgan fingerprint density at radius 3 is 2.75 bits per heavy atom. The van der Waals surface area contributed by atoms with E-state index in [9.17, 15) is 13.9 Å². The largest absolute Gasteiger partial charge is 0.454 e. The lowest BCUT2D eigenvalue weighted by molar-refractivity contribution is -0.0865. The third-order valence-corrected chi connectivity index (χ3v) is 7.52. The summed E-state index contributed by atoms with van der Waals surface area (Å²) in [6.45, 7) is 5.82. The van der Waals surface area contributed by atoms with Crippen molar-refractivity contribution < 1.29 is 23.4 Å². The van der Waals surface area contributed by atoms with E-state index in [4.69, 9.17) is 14.5 Å². The van der Waals surface area contributed by atoms with Gasteiger partial charge in [0, 0.05) is 25.2 Å². The summed E-state index contributed by atoms with van der Waals surface area (Å²) in [5.74, 6) is -1.91. The van der Waals surface area contributed by atoms with Crippen molar-refractivity contribution in [3.05, 3.63) is 47.3 Å². The van der Waals surface area contributed by atoms with Crippen LogP contribution in [0, 0.1) is 0 Å². The molecule has 3 aliphatic rings. The van der Waals surface area contributed by atoms with Crippen LogP contribution in [0.25, 0.3) is 0 Å². The Kier molecular flexibility index (Phi) is 7.32. The van der Waals surface area contributed by atoms with E-state index < -0.39 is 25.1 Å². The highest BCUT2D eigenvalue weighted by Gasteiger charge is 2.41. The number of nitrogens with one attached hydrogen (secondary N) is 1. The number of unbranched alkanes of at least 4 members (excludes halogenated alkanes) is 1. The molecule has 5 rings (SSSR count). The lowest BCUT2D eigenvalue weighted by atomic mass is 9.86. The number of hydrogen-bond acceptors (Lipinski definition) is 7. The number of halogens is 2. The molecule has 0 bridgehead atoms. The van der Waals surface area contributed by atoms with Gasteiger partial charge in [-0.15, -0.1) is 0 Å². The quantitative estimate of drug-likeness (QED) is 0.536. The molecule has 36 heavy (non-hydrogen) atoms. The van der Waals surface area contributed by atoms with Crippen LogP contribution in [0.3, 0.4) is 0 Å². The average molecular weight is 503 g/mol. The first-order valence-corrected chi connectivity index (χ1v) is 13.0. The second-order valence-electron chi connectivity index (χ2n) is 10.3. The van der Waals surface area contributed by atoms with Gasteiger partial charge in [-0.2, -0.15) is 0 Å². The van der Waals surface area contributed by atoms with E-state index in [1.54, 1.807) is 11.1 Å². The highest BCUT2D eigenvalue weighted by molar-refractivity contribution is 5.53. The fraction of sp³-hybridized carbons (Fsp3) is 0.593. The monoisotopic (exact) mass is 502 g/mol. The van der Waals surface area contributed by atoms with Crippen molar-refractivity contribution in [2.24, 2.45) is 0 Å². The Hall–Kier alpha value is -2.49. The molecule has 2 aromatic rings. The third-order valence-electron chi connectivity index (χ3n) is 7.52. The fourth-order valence-corrected chi connectivity index (χ4v) is 5.62. The molecule has 1 aromatic carbocycles. The molecule has 196 valence electrons. The zero-order valence-electron chi connectivity index (χ0n) is 21.1. The first-order valence-electron chi connectivity index (χ1n) is 13.0. The Bertz CT molecular complexity index is 1050. The van der Waals surface area contributed by atoms with Crippen LogP contribution in [0.5, 0.6) is 11.5 Å². The van der Waals surface area contributed by atoms with E-state index >= 15 is 0 Å². The summed E-state index contributed by atoms with van der Waals surface area (Å²) in [5, 5.41) is 12.9. The number of alkyl halides is 2. The third kappa shape index (κ3) is 5.28. The molecule has 0 radical (unpaired) electrons. The topological polar surface area (TPSA) is 70.1 Å². The molecule has 9 heteroatoms. The van der Waals surface area contributed by atoms with Gasteiger partial charge in [-0.3, -0.25) is 9.88 Å². The van der Waals surface area contributed by atoms with Gasteiger partial charge in [-0.25, -0.2) is 8.78 Å². The zero-order chi connectivity index (χ0) is 25.3. The molecular weight excluding hydrogens is 466 g/mol. The van der Waals surface area contributed by atoms with Crippen molar-refractivity contribution in [2.45, 2.75) is 63.6 Å². The molecule has 0 spiro atoms. The van der Waals surface area contributed by atoms with Crippen LogP contribution < -0.4 is 14.8 Å². The molecule has 1 aromatic heterocycles. The molecule has 3 atom stereocenters. The molecule has 0 aliphatic carbocycles. The van der Waals surface area contributed by atoms with Gasteiger partial charge in [0.25, 0.3) is 5.92 Å². The van der Waals surface area contributed by atoms with Crippen molar-refractivity contribution in [3.63, 3.8) is 0 Å². The molecule has 2 N–H and O–H groups in total. The molecule has 3 aliphatic heterocycles. The minimum atomic E-state index is -3.21. The first-order chi connectivity index (χ1) is 17.4. The maximum Gasteiger partial charge on any atom is 0.283 e. The number of anilines is 1. The van der Waals surface area contributed by atoms with Crippen LogP contribution >= 0.6 is 0 Å². The number of nitrogens with zero attached hydrogens (tertiary/aromatic N) is 3. The summed E-state index contributed by atoms with van der Waals surface area (Å²) in [6.07, 6.45) is 5.91. The number of hydrogen-bond donors (Lipinski definition) is 2. The Morgan fingerprint density at radius 2 is 2.03 bits per heavy atom. The lowest BCUT2D eigenvalue weighted by Gasteiger charge is -2.43. The fourth-order valence-electron chi connectivity index (χ4n) is 5.62. The molecule has 1 saturated heterocycles. The number of aromatic nitrogens is 1. The standard InChI is InChI=1S/C27H36F2N4O3/c1-3-4-8-32-9-7-21(14-32)31-20-5-6-23(30-13-20)26-22-12-25-24(35-17-36-25)11-19(22)10-18(2)33(26)15-27(28,29)16-34/h5-6,11-13,18,21,26,31,34H,3-4,7-10,14-17H2,1-2H3/t18-,21+,26+/m1/s1. The Morgan fingerprint density at radius 1 is 1.22 bits per heavy atom. The van der Waals surface area contributed by atoms with Crippen molar-refractivity contribution >= 4 is 5.69 Å². The molecule has 7 nitrogen and oxygen atoms in total. The van der Waals surface area contributed by atoms with Crippen LogP contribution in [0.15, 0.2) is 30.5 Å². The molecule has 1 fully saturated rings. The Balaban J connectivity index is 1.40. The second-order valence-corrected chi connectivity index (χ2v) is 10.3. The van der Waals surface area contributed by atoms with E-state index in [0.29, 0.717) is 29.7 Å². The minimum Gasteiger partial charge on any atom is -0.454 e. The van der Waals surface area contributed by atoms with Crippen LogP contribution in [-0.4, -0.2) is 77.5 Å². The van der Waals surface area contributed by atoms with Crippen molar-refractivity contribution in [1.29, 1.82) is 0 Å². The number of ether oxygens (including phenoxy) is 2. The smallest absolute Gasteiger partial charge is 0.283 e. The second kappa shape index (κ2) is 10.5. The van der Waals surface area contributed by atoms with Crippen molar-refractivity contribution in [2.75, 3.05) is 44.9 Å². The van der Waals surface area contributed by atoms with Crippen LogP contribution in [0.1, 0.15) is 56.0 Å². The van der Waals surface area contributed by atoms with Gasteiger partial charge < -0.3 is 24.8 Å². The van der Waals surface area contributed by atoms with E-state index in [1.807, 2.05) is 31.2 Å². The first kappa shape index (κ1) is 25.2. The van der Waals surface area contributed by atoms with Gasteiger partial charge in [0.15, 0.2) is 11.5 Å². The Labute approximate surface area is 211 Å². The summed E-state index contributed by atoms with van der Waals surface area (Å²) in [7, 11) is 0. The maximum atomic E-state index is 14.4. The van der Waals surface area contributed by atoms with Gasteiger partial charge in [0.1, 0.15) is 6.61 Å². The number of rotatable bonds is 9. The van der Waals surface area contributed by atoms with Gasteiger partial charge in [0.05, 0.1) is 30.2 Å². The summed E-state index contributed by atoms with van der Waals surface area (Å²) in [4.78, 5) is 8.99. The lowest BCUT2D eigenvalue weighted by Crippen LogP contribution is -2.49. The van der Waals surface area contributed by atoms with E-state index in [0.717, 1.165) is 42.9 Å². The predicted octanol–water partition coefficient (Wildman–Crippen LogP) is 4.06. The van der Waals surface area contributed by atoms with Crippen LogP contribution in [0.4, 0.5) is 14.5 Å². The van der Waals surface area contributed by atoms with Crippen molar-refractivity contribution in [1.82, 2.24) is 14.8 Å². The number of aliphatic hydroxyl groups is 1. The minimum absolute atomic E-state index is 0.153. The SMILES string of the molecule is CCCCN1CC[C@H](Nc2ccc([C@@H]3c4cc5c(cc4C[C@@H](C)N3CC(F)(F)CO)OCO5)nc2)C1. The van der Waals surface area contributed by atoms with Gasteiger partial charge in [-0.1, -0.05) is 13.3 Å². The normalized spacial score (nSPS) is 24.2. The predicted molar refractivity (Wildman–Crippen MR) is 134 cm³/mol. The molecule has 0 unspecified atom stereocenters. The van der Waals surface area contributed by atoms with Crippen LogP contribution in [-0.2, 0) is 6.42 Å². The summed E-state index contributed by atoms with van der Waals surface area (Å²) in [6, 6.07) is 7.50. The molecule has 0 amide bonds. The van der Waals surface area contributed by atoms with E-state index in [1.165, 1.54) is 12.8 Å². The maximum absolute atomic E-state index is 14.4. The highest BCUT2D eigenvalue weighted by Crippen LogP contribution is 2.44. The molecular formula is C27H36F2N4O3. The molecule has 0 saturated carbocycles. The summed E-state index contributed by atoms with van der Waals surface area (Å²) in [5.41, 5.74) is 3.56. The van der Waals surface area contributed by atoms with Crippen LogP contribution in [0.2, 0.25) is 0 Å². The number of aliphatic hydroxyl groups excluding tert-OH is 1. The van der Waals surface area contributed by atoms with Gasteiger partial charge in [0.2, 0.25) is 6.79 Å².